The summed E-state index contributed by atoms with van der Waals surface area (Å²) < 4.78 is 7.86. The van der Waals surface area contributed by atoms with E-state index in [0.717, 1.165) is 22.6 Å². The number of benzene rings is 1. The van der Waals surface area contributed by atoms with E-state index in [1.807, 2.05) is 46.8 Å². The van der Waals surface area contributed by atoms with Crippen LogP contribution in [0.5, 0.6) is 11.6 Å². The van der Waals surface area contributed by atoms with Crippen LogP contribution in [0.25, 0.3) is 0 Å². The number of rotatable bonds is 3. The van der Waals surface area contributed by atoms with Gasteiger partial charge in [0.05, 0.1) is 11.7 Å². The van der Waals surface area contributed by atoms with E-state index in [9.17, 15) is 0 Å². The van der Waals surface area contributed by atoms with E-state index in [2.05, 4.69) is 5.10 Å². The molecular formula is C15H20ClN3O. The molecule has 0 aliphatic rings. The third-order valence-electron chi connectivity index (χ3n) is 3.20. The van der Waals surface area contributed by atoms with Crippen LogP contribution in [0.15, 0.2) is 12.1 Å². The normalized spacial score (nSPS) is 11.2. The van der Waals surface area contributed by atoms with E-state index in [0.29, 0.717) is 16.6 Å². The minimum absolute atomic E-state index is 0.175. The molecule has 0 spiro atoms. The zero-order valence-corrected chi connectivity index (χ0v) is 13.2. The molecule has 2 rings (SSSR count). The lowest BCUT2D eigenvalue weighted by Gasteiger charge is -2.15. The summed E-state index contributed by atoms with van der Waals surface area (Å²) in [6, 6.07) is 3.93. The van der Waals surface area contributed by atoms with E-state index in [4.69, 9.17) is 22.1 Å². The molecule has 0 bridgehead atoms. The number of nitrogen functional groups attached to an aromatic ring is 1. The molecule has 0 fully saturated rings. The van der Waals surface area contributed by atoms with Gasteiger partial charge in [-0.1, -0.05) is 11.6 Å². The molecular weight excluding hydrogens is 274 g/mol. The van der Waals surface area contributed by atoms with Gasteiger partial charge in [-0.25, -0.2) is 4.68 Å². The Morgan fingerprint density at radius 1 is 1.20 bits per heavy atom. The van der Waals surface area contributed by atoms with Gasteiger partial charge in [-0.3, -0.25) is 0 Å². The molecule has 0 amide bonds. The Bertz CT molecular complexity index is 624. The van der Waals surface area contributed by atoms with Crippen LogP contribution in [-0.2, 0) is 0 Å². The van der Waals surface area contributed by atoms with Gasteiger partial charge in [0.15, 0.2) is 0 Å². The lowest BCUT2D eigenvalue weighted by Crippen LogP contribution is -2.06. The molecule has 0 saturated heterocycles. The molecule has 0 atom stereocenters. The number of nitrogens with two attached hydrogens (primary N) is 1. The summed E-state index contributed by atoms with van der Waals surface area (Å²) in [5.41, 5.74) is 9.39. The van der Waals surface area contributed by atoms with Gasteiger partial charge in [0.2, 0.25) is 5.88 Å². The number of aromatic nitrogens is 2. The molecule has 0 saturated carbocycles. The second-order valence-electron chi connectivity index (χ2n) is 5.31. The lowest BCUT2D eigenvalue weighted by atomic mass is 10.1. The molecule has 20 heavy (non-hydrogen) atoms. The van der Waals surface area contributed by atoms with Crippen molar-refractivity contribution in [3.63, 3.8) is 0 Å². The Labute approximate surface area is 124 Å². The monoisotopic (exact) mass is 293 g/mol. The van der Waals surface area contributed by atoms with Crippen molar-refractivity contribution in [1.29, 1.82) is 0 Å². The van der Waals surface area contributed by atoms with Gasteiger partial charge >= 0.3 is 0 Å². The van der Waals surface area contributed by atoms with Crippen LogP contribution in [0.4, 0.5) is 5.69 Å². The molecule has 1 aromatic carbocycles. The third-order valence-corrected chi connectivity index (χ3v) is 3.42. The van der Waals surface area contributed by atoms with E-state index in [1.165, 1.54) is 0 Å². The first-order valence-electron chi connectivity index (χ1n) is 6.60. The Kier molecular flexibility index (Phi) is 3.95. The van der Waals surface area contributed by atoms with Crippen molar-refractivity contribution < 1.29 is 4.74 Å². The van der Waals surface area contributed by atoms with Crippen molar-refractivity contribution in [2.24, 2.45) is 0 Å². The molecule has 4 nitrogen and oxygen atoms in total. The van der Waals surface area contributed by atoms with E-state index < -0.39 is 0 Å². The van der Waals surface area contributed by atoms with Gasteiger partial charge in [-0.2, -0.15) is 5.10 Å². The quantitative estimate of drug-likeness (QED) is 0.911. The summed E-state index contributed by atoms with van der Waals surface area (Å²) >= 11 is 6.04. The molecule has 108 valence electrons. The summed E-state index contributed by atoms with van der Waals surface area (Å²) in [7, 11) is 0. The first kappa shape index (κ1) is 14.7. The molecule has 5 heteroatoms. The summed E-state index contributed by atoms with van der Waals surface area (Å²) in [6.45, 7) is 9.89. The second kappa shape index (κ2) is 5.37. The number of aryl methyl sites for hydroxylation is 3. The van der Waals surface area contributed by atoms with Crippen LogP contribution in [-0.4, -0.2) is 9.78 Å². The zero-order valence-electron chi connectivity index (χ0n) is 12.5. The topological polar surface area (TPSA) is 53.1 Å². The highest BCUT2D eigenvalue weighted by Gasteiger charge is 2.18. The molecule has 0 aliphatic carbocycles. The predicted octanol–water partition coefficient (Wildman–Crippen LogP) is 4.42. The van der Waals surface area contributed by atoms with Crippen LogP contribution in [0.3, 0.4) is 0 Å². The molecule has 2 aromatic rings. The maximum Gasteiger partial charge on any atom is 0.241 e. The molecule has 1 heterocycles. The predicted molar refractivity (Wildman–Crippen MR) is 82.8 cm³/mol. The average Bonchev–Trinajstić information content (AvgIpc) is 2.61. The maximum absolute atomic E-state index is 6.08. The van der Waals surface area contributed by atoms with Gasteiger partial charge in [-0.15, -0.1) is 0 Å². The Balaban J connectivity index is 2.50. The summed E-state index contributed by atoms with van der Waals surface area (Å²) in [6.07, 6.45) is 0. The maximum atomic E-state index is 6.08. The molecule has 0 unspecified atom stereocenters. The fourth-order valence-electron chi connectivity index (χ4n) is 2.15. The molecule has 0 radical (unpaired) electrons. The minimum atomic E-state index is 0.175. The summed E-state index contributed by atoms with van der Waals surface area (Å²) in [4.78, 5) is 0. The van der Waals surface area contributed by atoms with Crippen LogP contribution in [0.2, 0.25) is 5.02 Å². The van der Waals surface area contributed by atoms with Gasteiger partial charge < -0.3 is 10.5 Å². The van der Waals surface area contributed by atoms with Crippen LogP contribution in [0, 0.1) is 20.8 Å². The minimum Gasteiger partial charge on any atom is -0.437 e. The smallest absolute Gasteiger partial charge is 0.241 e. The average molecular weight is 294 g/mol. The number of nitrogens with zero attached hydrogens (tertiary/aromatic N) is 2. The zero-order chi connectivity index (χ0) is 15.0. The van der Waals surface area contributed by atoms with Crippen LogP contribution >= 0.6 is 11.6 Å². The Morgan fingerprint density at radius 3 is 2.25 bits per heavy atom. The lowest BCUT2D eigenvalue weighted by molar-refractivity contribution is 0.386. The molecule has 2 N–H and O–H groups in total. The SMILES string of the molecule is Cc1cc(Cl)cc(C)c1Oc1c(N)c(C)nn1C(C)C. The highest BCUT2D eigenvalue weighted by atomic mass is 35.5. The first-order valence-corrected chi connectivity index (χ1v) is 6.98. The standard InChI is InChI=1S/C15H20ClN3O/c1-8(2)19-15(13(17)11(5)18-19)20-14-9(3)6-12(16)7-10(14)4/h6-8H,17H2,1-5H3. The molecule has 1 aromatic heterocycles. The Morgan fingerprint density at radius 2 is 1.75 bits per heavy atom. The van der Waals surface area contributed by atoms with Crippen LogP contribution in [0.1, 0.15) is 36.7 Å². The van der Waals surface area contributed by atoms with Gasteiger partial charge in [0.1, 0.15) is 11.4 Å². The fraction of sp³-hybridized carbons (Fsp3) is 0.400. The van der Waals surface area contributed by atoms with Crippen molar-refractivity contribution in [2.75, 3.05) is 5.73 Å². The van der Waals surface area contributed by atoms with E-state index >= 15 is 0 Å². The summed E-state index contributed by atoms with van der Waals surface area (Å²) in [5, 5.41) is 5.13. The van der Waals surface area contributed by atoms with Gasteiger partial charge in [0.25, 0.3) is 0 Å². The van der Waals surface area contributed by atoms with Crippen molar-refractivity contribution in [1.82, 2.24) is 9.78 Å². The van der Waals surface area contributed by atoms with E-state index in [-0.39, 0.29) is 6.04 Å². The number of halogens is 1. The van der Waals surface area contributed by atoms with Gasteiger partial charge in [0, 0.05) is 5.02 Å². The highest BCUT2D eigenvalue weighted by Crippen LogP contribution is 2.36. The van der Waals surface area contributed by atoms with Gasteiger partial charge in [-0.05, 0) is 57.9 Å². The number of hydrogen-bond donors (Lipinski definition) is 1. The summed E-state index contributed by atoms with van der Waals surface area (Å²) in [5.74, 6) is 1.37. The fourth-order valence-corrected chi connectivity index (χ4v) is 2.47. The van der Waals surface area contributed by atoms with Crippen molar-refractivity contribution >= 4 is 17.3 Å². The Hall–Kier alpha value is -1.68. The number of hydrogen-bond acceptors (Lipinski definition) is 3. The largest absolute Gasteiger partial charge is 0.437 e. The molecule has 0 aliphatic heterocycles. The highest BCUT2D eigenvalue weighted by molar-refractivity contribution is 6.30. The third kappa shape index (κ3) is 2.61. The van der Waals surface area contributed by atoms with Crippen molar-refractivity contribution in [3.05, 3.63) is 34.0 Å². The first-order chi connectivity index (χ1) is 9.31. The number of ether oxygens (including phenoxy) is 1. The van der Waals surface area contributed by atoms with Crippen LogP contribution < -0.4 is 10.5 Å². The van der Waals surface area contributed by atoms with E-state index in [1.54, 1.807) is 4.68 Å². The van der Waals surface area contributed by atoms with Crippen molar-refractivity contribution in [2.45, 2.75) is 40.7 Å². The number of anilines is 1. The van der Waals surface area contributed by atoms with Crippen molar-refractivity contribution in [3.8, 4) is 11.6 Å². The second-order valence-corrected chi connectivity index (χ2v) is 5.75.